The first-order chi connectivity index (χ1) is 12.0. The molecule has 2 rings (SSSR count). The molecule has 0 aliphatic carbocycles. The molecule has 1 aromatic carbocycles. The summed E-state index contributed by atoms with van der Waals surface area (Å²) in [6.07, 6.45) is 5.16. The number of hydrogen-bond donors (Lipinski definition) is 1. The summed E-state index contributed by atoms with van der Waals surface area (Å²) in [5, 5.41) is 2.92. The summed E-state index contributed by atoms with van der Waals surface area (Å²) in [4.78, 5) is 30.2. The predicted octanol–water partition coefficient (Wildman–Crippen LogP) is 2.92. The highest BCUT2D eigenvalue weighted by atomic mass is 16.2. The highest BCUT2D eigenvalue weighted by Gasteiger charge is 2.13. The number of hydrogen-bond acceptors (Lipinski definition) is 3. The number of carbonyl (C=O) groups is 2. The van der Waals surface area contributed by atoms with E-state index >= 15 is 0 Å². The molecular weight excluding hydrogens is 314 g/mol. The first-order valence-electron chi connectivity index (χ1n) is 8.56. The third-order valence-electron chi connectivity index (χ3n) is 4.22. The SMILES string of the molecule is CCC(C)NC(=O)c1ccc(C(=O)N(C)CCc2ccncc2)cc1. The normalized spacial score (nSPS) is 11.6. The zero-order chi connectivity index (χ0) is 18.2. The Kier molecular flexibility index (Phi) is 6.69. The van der Waals surface area contributed by atoms with Crippen LogP contribution in [0.15, 0.2) is 48.8 Å². The van der Waals surface area contributed by atoms with Crippen LogP contribution >= 0.6 is 0 Å². The van der Waals surface area contributed by atoms with Crippen molar-refractivity contribution >= 4 is 11.8 Å². The fraction of sp³-hybridized carbons (Fsp3) is 0.350. The maximum Gasteiger partial charge on any atom is 0.253 e. The van der Waals surface area contributed by atoms with Gasteiger partial charge in [-0.1, -0.05) is 6.92 Å². The molecule has 2 aromatic rings. The van der Waals surface area contributed by atoms with Gasteiger partial charge in [0, 0.05) is 43.2 Å². The first kappa shape index (κ1) is 18.6. The maximum atomic E-state index is 12.5. The minimum absolute atomic E-state index is 0.0528. The van der Waals surface area contributed by atoms with Crippen molar-refractivity contribution < 1.29 is 9.59 Å². The first-order valence-corrected chi connectivity index (χ1v) is 8.56. The molecule has 1 heterocycles. The quantitative estimate of drug-likeness (QED) is 0.844. The van der Waals surface area contributed by atoms with Gasteiger partial charge in [0.25, 0.3) is 11.8 Å². The average Bonchev–Trinajstić information content (AvgIpc) is 2.66. The summed E-state index contributed by atoms with van der Waals surface area (Å²) in [5.41, 5.74) is 2.29. The molecular formula is C20H25N3O2. The highest BCUT2D eigenvalue weighted by molar-refractivity contribution is 5.97. The standard InChI is InChI=1S/C20H25N3O2/c1-4-15(2)22-19(24)17-5-7-18(8-6-17)20(25)23(3)14-11-16-9-12-21-13-10-16/h5-10,12-13,15H,4,11,14H2,1-3H3,(H,22,24). The lowest BCUT2D eigenvalue weighted by Crippen LogP contribution is -2.32. The van der Waals surface area contributed by atoms with Gasteiger partial charge >= 0.3 is 0 Å². The molecule has 25 heavy (non-hydrogen) atoms. The Morgan fingerprint density at radius 2 is 1.68 bits per heavy atom. The molecule has 0 bridgehead atoms. The van der Waals surface area contributed by atoms with Gasteiger partial charge in [-0.05, 0) is 61.7 Å². The molecule has 1 aromatic heterocycles. The summed E-state index contributed by atoms with van der Waals surface area (Å²) in [6, 6.07) is 10.8. The fourth-order valence-electron chi connectivity index (χ4n) is 2.34. The lowest BCUT2D eigenvalue weighted by Gasteiger charge is -2.17. The van der Waals surface area contributed by atoms with Gasteiger partial charge in [-0.25, -0.2) is 0 Å². The van der Waals surface area contributed by atoms with Gasteiger partial charge in [0.2, 0.25) is 0 Å². The topological polar surface area (TPSA) is 62.3 Å². The van der Waals surface area contributed by atoms with Gasteiger partial charge in [-0.15, -0.1) is 0 Å². The summed E-state index contributed by atoms with van der Waals surface area (Å²) < 4.78 is 0. The molecule has 0 radical (unpaired) electrons. The second-order valence-electron chi connectivity index (χ2n) is 6.19. The van der Waals surface area contributed by atoms with Crippen molar-refractivity contribution in [2.45, 2.75) is 32.7 Å². The molecule has 0 saturated heterocycles. The highest BCUT2D eigenvalue weighted by Crippen LogP contribution is 2.09. The number of carbonyl (C=O) groups excluding carboxylic acids is 2. The van der Waals surface area contributed by atoms with Crippen LogP contribution in [0, 0.1) is 0 Å². The van der Waals surface area contributed by atoms with Crippen LogP contribution in [-0.4, -0.2) is 41.3 Å². The summed E-state index contributed by atoms with van der Waals surface area (Å²) >= 11 is 0. The number of nitrogens with zero attached hydrogens (tertiary/aromatic N) is 2. The number of rotatable bonds is 7. The van der Waals surface area contributed by atoms with E-state index in [0.29, 0.717) is 17.7 Å². The summed E-state index contributed by atoms with van der Waals surface area (Å²) in [6.45, 7) is 4.61. The third-order valence-corrected chi connectivity index (χ3v) is 4.22. The van der Waals surface area contributed by atoms with Crippen LogP contribution in [0.1, 0.15) is 46.5 Å². The van der Waals surface area contributed by atoms with Crippen LogP contribution in [-0.2, 0) is 6.42 Å². The number of nitrogens with one attached hydrogen (secondary N) is 1. The molecule has 0 aliphatic rings. The maximum absolute atomic E-state index is 12.5. The number of pyridine rings is 1. The molecule has 0 saturated carbocycles. The Balaban J connectivity index is 1.94. The monoisotopic (exact) mass is 339 g/mol. The van der Waals surface area contributed by atoms with Crippen molar-refractivity contribution in [2.24, 2.45) is 0 Å². The third kappa shape index (κ3) is 5.41. The van der Waals surface area contributed by atoms with Gasteiger partial charge < -0.3 is 10.2 Å². The van der Waals surface area contributed by atoms with E-state index in [1.54, 1.807) is 48.6 Å². The van der Waals surface area contributed by atoms with Crippen LogP contribution in [0.5, 0.6) is 0 Å². The second kappa shape index (κ2) is 8.97. The Labute approximate surface area is 149 Å². The van der Waals surface area contributed by atoms with Crippen molar-refractivity contribution in [2.75, 3.05) is 13.6 Å². The van der Waals surface area contributed by atoms with E-state index in [1.165, 1.54) is 0 Å². The van der Waals surface area contributed by atoms with Gasteiger partial charge in [0.15, 0.2) is 0 Å². The molecule has 0 spiro atoms. The molecule has 1 unspecified atom stereocenters. The Hall–Kier alpha value is -2.69. The summed E-state index contributed by atoms with van der Waals surface area (Å²) in [5.74, 6) is -0.165. The zero-order valence-corrected chi connectivity index (χ0v) is 15.0. The van der Waals surface area contributed by atoms with Crippen molar-refractivity contribution in [3.05, 3.63) is 65.5 Å². The Bertz CT molecular complexity index is 699. The van der Waals surface area contributed by atoms with Crippen LogP contribution in [0.3, 0.4) is 0 Å². The predicted molar refractivity (Wildman–Crippen MR) is 98.6 cm³/mol. The summed E-state index contributed by atoms with van der Waals surface area (Å²) in [7, 11) is 1.78. The van der Waals surface area contributed by atoms with E-state index < -0.39 is 0 Å². The molecule has 0 fully saturated rings. The molecule has 1 N–H and O–H groups in total. The second-order valence-corrected chi connectivity index (χ2v) is 6.19. The van der Waals surface area contributed by atoms with Crippen molar-refractivity contribution in [3.63, 3.8) is 0 Å². The molecule has 0 aliphatic heterocycles. The molecule has 5 nitrogen and oxygen atoms in total. The van der Waals surface area contributed by atoms with Crippen LogP contribution in [0.2, 0.25) is 0 Å². The van der Waals surface area contributed by atoms with Crippen molar-refractivity contribution in [3.8, 4) is 0 Å². The van der Waals surface area contributed by atoms with Gasteiger partial charge in [-0.3, -0.25) is 14.6 Å². The smallest absolute Gasteiger partial charge is 0.253 e. The largest absolute Gasteiger partial charge is 0.350 e. The van der Waals surface area contributed by atoms with Crippen LogP contribution in [0.25, 0.3) is 0 Å². The van der Waals surface area contributed by atoms with E-state index in [0.717, 1.165) is 18.4 Å². The molecule has 1 atom stereocenters. The van der Waals surface area contributed by atoms with E-state index in [2.05, 4.69) is 10.3 Å². The number of likely N-dealkylation sites (N-methyl/N-ethyl adjacent to an activating group) is 1. The van der Waals surface area contributed by atoms with Crippen LogP contribution < -0.4 is 5.32 Å². The van der Waals surface area contributed by atoms with Gasteiger partial charge in [0.05, 0.1) is 0 Å². The van der Waals surface area contributed by atoms with E-state index in [4.69, 9.17) is 0 Å². The van der Waals surface area contributed by atoms with E-state index in [-0.39, 0.29) is 17.9 Å². The van der Waals surface area contributed by atoms with Gasteiger partial charge in [-0.2, -0.15) is 0 Å². The minimum atomic E-state index is -0.112. The van der Waals surface area contributed by atoms with Crippen molar-refractivity contribution in [1.29, 1.82) is 0 Å². The number of amides is 2. The molecule has 2 amide bonds. The average molecular weight is 339 g/mol. The number of benzene rings is 1. The fourth-order valence-corrected chi connectivity index (χ4v) is 2.34. The zero-order valence-electron chi connectivity index (χ0n) is 15.0. The van der Waals surface area contributed by atoms with Crippen molar-refractivity contribution in [1.82, 2.24) is 15.2 Å². The Morgan fingerprint density at radius 3 is 2.28 bits per heavy atom. The van der Waals surface area contributed by atoms with Crippen LogP contribution in [0.4, 0.5) is 0 Å². The molecule has 132 valence electrons. The van der Waals surface area contributed by atoms with E-state index in [9.17, 15) is 9.59 Å². The minimum Gasteiger partial charge on any atom is -0.350 e. The molecule has 5 heteroatoms. The lowest BCUT2D eigenvalue weighted by atomic mass is 10.1. The lowest BCUT2D eigenvalue weighted by molar-refractivity contribution is 0.0795. The van der Waals surface area contributed by atoms with E-state index in [1.807, 2.05) is 26.0 Å². The number of aromatic nitrogens is 1. The van der Waals surface area contributed by atoms with Gasteiger partial charge in [0.1, 0.15) is 0 Å². The Morgan fingerprint density at radius 1 is 1.08 bits per heavy atom.